The Bertz CT molecular complexity index is 1550. The van der Waals surface area contributed by atoms with Gasteiger partial charge in [-0.2, -0.15) is 0 Å². The van der Waals surface area contributed by atoms with Crippen LogP contribution in [-0.2, 0) is 14.3 Å². The molecule has 0 unspecified atom stereocenters. The number of aryl methyl sites for hydroxylation is 1. The summed E-state index contributed by atoms with van der Waals surface area (Å²) in [6, 6.07) is 15.6. The Kier molecular flexibility index (Phi) is 8.91. The predicted octanol–water partition coefficient (Wildman–Crippen LogP) is 6.89. The van der Waals surface area contributed by atoms with E-state index in [1.165, 1.54) is 11.8 Å². The van der Waals surface area contributed by atoms with E-state index in [4.69, 9.17) is 14.2 Å². The van der Waals surface area contributed by atoms with Gasteiger partial charge in [-0.15, -0.1) is 0 Å². The topological polar surface area (TPSA) is 85.5 Å². The summed E-state index contributed by atoms with van der Waals surface area (Å²) in [5, 5.41) is 11.6. The average molecular weight is 639 g/mol. The lowest BCUT2D eigenvalue weighted by Crippen LogP contribution is -2.36. The van der Waals surface area contributed by atoms with Crippen molar-refractivity contribution in [2.24, 2.45) is 4.99 Å². The van der Waals surface area contributed by atoms with E-state index in [0.29, 0.717) is 21.4 Å². The lowest BCUT2D eigenvalue weighted by atomic mass is 10.1. The van der Waals surface area contributed by atoms with Crippen LogP contribution in [0.1, 0.15) is 23.9 Å². The van der Waals surface area contributed by atoms with E-state index >= 15 is 0 Å². The summed E-state index contributed by atoms with van der Waals surface area (Å²) in [5.41, 5.74) is 5.86. The van der Waals surface area contributed by atoms with Gasteiger partial charge in [0.1, 0.15) is 22.1 Å². The Balaban J connectivity index is 1.49. The van der Waals surface area contributed by atoms with Gasteiger partial charge in [-0.1, -0.05) is 11.8 Å². The molecular weight excluding hydrogens is 606 g/mol. The maximum atomic E-state index is 12.8. The van der Waals surface area contributed by atoms with Gasteiger partial charge in [0.2, 0.25) is 0 Å². The van der Waals surface area contributed by atoms with Gasteiger partial charge < -0.3 is 28.8 Å². The summed E-state index contributed by atoms with van der Waals surface area (Å²) in [6.07, 6.45) is 1.89. The third kappa shape index (κ3) is 6.10. The molecule has 0 aliphatic carbocycles. The van der Waals surface area contributed by atoms with Crippen molar-refractivity contribution in [3.8, 4) is 11.4 Å². The SMILES string of the molecule is CCOC(=O)C1=C(O)/C(=C/c2cc(C)n(-c3ccc(N4CCOCC4)c(Br)c3)c2C)SC1=Nc1ccc(OC)cc1. The molecular formula is C31H32BrN3O5S. The molecule has 2 aliphatic rings. The summed E-state index contributed by atoms with van der Waals surface area (Å²) < 4.78 is 19.2. The second-order valence-corrected chi connectivity index (χ2v) is 11.5. The van der Waals surface area contributed by atoms with Crippen molar-refractivity contribution in [1.29, 1.82) is 0 Å². The van der Waals surface area contributed by atoms with Gasteiger partial charge in [0, 0.05) is 34.6 Å². The highest BCUT2D eigenvalue weighted by Gasteiger charge is 2.33. The van der Waals surface area contributed by atoms with E-state index in [9.17, 15) is 9.90 Å². The van der Waals surface area contributed by atoms with E-state index in [2.05, 4.69) is 61.6 Å². The fourth-order valence-electron chi connectivity index (χ4n) is 4.93. The van der Waals surface area contributed by atoms with Crippen molar-refractivity contribution in [3.05, 3.63) is 86.2 Å². The molecule has 0 amide bonds. The zero-order valence-corrected chi connectivity index (χ0v) is 25.8. The van der Waals surface area contributed by atoms with E-state index < -0.39 is 5.97 Å². The normalized spacial score (nSPS) is 17.5. The monoisotopic (exact) mass is 637 g/mol. The van der Waals surface area contributed by atoms with E-state index in [-0.39, 0.29) is 17.9 Å². The Hall–Kier alpha value is -3.47. The molecule has 0 bridgehead atoms. The number of benzene rings is 2. The number of morpholine rings is 1. The number of ether oxygens (including phenoxy) is 3. The molecule has 3 aromatic rings. The third-order valence-electron chi connectivity index (χ3n) is 6.97. The molecule has 5 rings (SSSR count). The van der Waals surface area contributed by atoms with Crippen LogP contribution < -0.4 is 9.64 Å². The second-order valence-electron chi connectivity index (χ2n) is 9.57. The summed E-state index contributed by atoms with van der Waals surface area (Å²) in [6.45, 7) is 9.20. The molecule has 0 atom stereocenters. The number of carbonyl (C=O) groups is 1. The van der Waals surface area contributed by atoms with Crippen LogP contribution in [0.4, 0.5) is 11.4 Å². The number of halogens is 1. The Morgan fingerprint density at radius 3 is 2.54 bits per heavy atom. The molecule has 10 heteroatoms. The number of carbonyl (C=O) groups excluding carboxylic acids is 1. The van der Waals surface area contributed by atoms with E-state index in [1.54, 1.807) is 38.3 Å². The van der Waals surface area contributed by atoms with Crippen LogP contribution >= 0.6 is 27.7 Å². The molecule has 1 saturated heterocycles. The van der Waals surface area contributed by atoms with Crippen LogP contribution in [-0.4, -0.2) is 60.7 Å². The van der Waals surface area contributed by atoms with Gasteiger partial charge in [0.15, 0.2) is 0 Å². The molecule has 1 N–H and O–H groups in total. The van der Waals surface area contributed by atoms with Crippen LogP contribution in [0.3, 0.4) is 0 Å². The van der Waals surface area contributed by atoms with Crippen molar-refractivity contribution in [1.82, 2.24) is 4.57 Å². The molecule has 0 saturated carbocycles. The van der Waals surface area contributed by atoms with Crippen LogP contribution in [0.25, 0.3) is 11.8 Å². The first-order chi connectivity index (χ1) is 19.8. The molecule has 214 valence electrons. The summed E-state index contributed by atoms with van der Waals surface area (Å²) in [7, 11) is 1.60. The number of aliphatic hydroxyl groups is 1. The third-order valence-corrected chi connectivity index (χ3v) is 8.63. The number of aromatic nitrogens is 1. The smallest absolute Gasteiger partial charge is 0.344 e. The molecule has 0 radical (unpaired) electrons. The fourth-order valence-corrected chi connectivity index (χ4v) is 6.58. The largest absolute Gasteiger partial charge is 0.506 e. The zero-order valence-electron chi connectivity index (χ0n) is 23.4. The maximum Gasteiger partial charge on any atom is 0.344 e. The van der Waals surface area contributed by atoms with Crippen LogP contribution in [0, 0.1) is 13.8 Å². The number of rotatable bonds is 7. The van der Waals surface area contributed by atoms with Crippen LogP contribution in [0.2, 0.25) is 0 Å². The first-order valence-electron chi connectivity index (χ1n) is 13.4. The molecule has 1 aromatic heterocycles. The van der Waals surface area contributed by atoms with Crippen molar-refractivity contribution < 1.29 is 24.1 Å². The second kappa shape index (κ2) is 12.6. The number of nitrogens with zero attached hydrogens (tertiary/aromatic N) is 3. The molecule has 0 spiro atoms. The highest BCUT2D eigenvalue weighted by Crippen LogP contribution is 2.41. The van der Waals surface area contributed by atoms with E-state index in [1.807, 2.05) is 13.0 Å². The van der Waals surface area contributed by atoms with Crippen LogP contribution in [0.15, 0.2) is 74.2 Å². The number of methoxy groups -OCH3 is 1. The summed E-state index contributed by atoms with van der Waals surface area (Å²) in [4.78, 5) is 20.3. The quantitative estimate of drug-likeness (QED) is 0.282. The fraction of sp³-hybridized carbons (Fsp3) is 0.290. The molecule has 2 aliphatic heterocycles. The Labute approximate surface area is 252 Å². The summed E-state index contributed by atoms with van der Waals surface area (Å²) >= 11 is 5.02. The van der Waals surface area contributed by atoms with Crippen molar-refractivity contribution in [2.75, 3.05) is 44.9 Å². The van der Waals surface area contributed by atoms with E-state index in [0.717, 1.165) is 59.1 Å². The number of anilines is 1. The number of hydrogen-bond donors (Lipinski definition) is 1. The van der Waals surface area contributed by atoms with Gasteiger partial charge in [-0.25, -0.2) is 9.79 Å². The lowest BCUT2D eigenvalue weighted by Gasteiger charge is -2.30. The standard InChI is InChI=1S/C31H32BrN3O5S/c1-5-40-31(37)28-29(36)27(41-30(28)33-22-6-9-24(38-4)10-7-22)17-21-16-19(2)35(20(21)3)23-8-11-26(25(32)18-23)34-12-14-39-15-13-34/h6-11,16-18,36H,5,12-15H2,1-4H3/b27-17-,33-30?. The number of aliphatic hydroxyl groups excluding tert-OH is 1. The zero-order chi connectivity index (χ0) is 29.1. The van der Waals surface area contributed by atoms with Gasteiger partial charge in [0.25, 0.3) is 0 Å². The maximum absolute atomic E-state index is 12.8. The highest BCUT2D eigenvalue weighted by atomic mass is 79.9. The van der Waals surface area contributed by atoms with Crippen LogP contribution in [0.5, 0.6) is 5.75 Å². The van der Waals surface area contributed by atoms with Gasteiger partial charge >= 0.3 is 5.97 Å². The minimum Gasteiger partial charge on any atom is -0.506 e. The number of hydrogen-bond acceptors (Lipinski definition) is 8. The Morgan fingerprint density at radius 1 is 1.15 bits per heavy atom. The minimum atomic E-state index is -0.608. The first-order valence-corrected chi connectivity index (χ1v) is 15.0. The van der Waals surface area contributed by atoms with Crippen molar-refractivity contribution in [2.45, 2.75) is 20.8 Å². The predicted molar refractivity (Wildman–Crippen MR) is 168 cm³/mol. The highest BCUT2D eigenvalue weighted by molar-refractivity contribution is 9.10. The number of aliphatic imine (C=N–C) groups is 1. The average Bonchev–Trinajstić information content (AvgIpc) is 3.43. The molecule has 41 heavy (non-hydrogen) atoms. The van der Waals surface area contributed by atoms with Gasteiger partial charge in [-0.3, -0.25) is 0 Å². The summed E-state index contributed by atoms with van der Waals surface area (Å²) in [5.74, 6) is -0.0392. The molecule has 8 nitrogen and oxygen atoms in total. The Morgan fingerprint density at radius 2 is 1.88 bits per heavy atom. The van der Waals surface area contributed by atoms with Crippen molar-refractivity contribution >= 4 is 56.2 Å². The number of thioether (sulfide) groups is 1. The lowest BCUT2D eigenvalue weighted by molar-refractivity contribution is -0.138. The minimum absolute atomic E-state index is 0.0651. The molecule has 2 aromatic carbocycles. The van der Waals surface area contributed by atoms with Gasteiger partial charge in [0.05, 0.1) is 43.2 Å². The van der Waals surface area contributed by atoms with Gasteiger partial charge in [-0.05, 0) is 96.9 Å². The molecule has 3 heterocycles. The number of esters is 1. The molecule has 1 fully saturated rings. The first kappa shape index (κ1) is 29.0. The van der Waals surface area contributed by atoms with Crippen molar-refractivity contribution in [3.63, 3.8) is 0 Å².